The van der Waals surface area contributed by atoms with Gasteiger partial charge in [0.25, 0.3) is 0 Å². The van der Waals surface area contributed by atoms with Crippen molar-refractivity contribution in [3.63, 3.8) is 0 Å². The number of Topliss-reactive ketones (excluding diaryl/α,β-unsaturated/α-hetero) is 1. The molecule has 0 heterocycles. The summed E-state index contributed by atoms with van der Waals surface area (Å²) in [4.78, 5) is 12.3. The van der Waals surface area contributed by atoms with Gasteiger partial charge in [-0.25, -0.2) is 0 Å². The standard InChI is InChI=1S/C17H26O2Si/c1-17(2,3)20(4,5)19-16-12-14(11-15(16)18)13-9-7-6-8-10-13/h6-10,14,16H,11-12H2,1-5H3/t14-,16+/m0/s1. The first kappa shape index (κ1) is 15.5. The van der Waals surface area contributed by atoms with Crippen molar-refractivity contribution in [3.05, 3.63) is 35.9 Å². The molecule has 0 unspecified atom stereocenters. The van der Waals surface area contributed by atoms with E-state index < -0.39 is 8.32 Å². The van der Waals surface area contributed by atoms with Crippen LogP contribution >= 0.6 is 0 Å². The molecule has 0 amide bonds. The molecule has 2 rings (SSSR count). The zero-order valence-electron chi connectivity index (χ0n) is 13.3. The van der Waals surface area contributed by atoms with E-state index in [9.17, 15) is 4.79 Å². The molecule has 2 atom stereocenters. The van der Waals surface area contributed by atoms with E-state index in [4.69, 9.17) is 4.43 Å². The quantitative estimate of drug-likeness (QED) is 0.765. The Morgan fingerprint density at radius 1 is 1.15 bits per heavy atom. The maximum absolute atomic E-state index is 12.3. The fourth-order valence-electron chi connectivity index (χ4n) is 2.47. The molecule has 2 nitrogen and oxygen atoms in total. The molecule has 0 saturated heterocycles. The monoisotopic (exact) mass is 290 g/mol. The third-order valence-corrected chi connectivity index (χ3v) is 9.31. The van der Waals surface area contributed by atoms with Crippen LogP contribution in [0, 0.1) is 0 Å². The summed E-state index contributed by atoms with van der Waals surface area (Å²) in [5, 5.41) is 0.151. The number of hydrogen-bond donors (Lipinski definition) is 0. The number of carbonyl (C=O) groups is 1. The van der Waals surface area contributed by atoms with Crippen molar-refractivity contribution >= 4 is 14.1 Å². The molecule has 3 heteroatoms. The number of carbonyl (C=O) groups excluding carboxylic acids is 1. The number of rotatable bonds is 3. The van der Waals surface area contributed by atoms with Crippen molar-refractivity contribution in [2.45, 2.75) is 63.8 Å². The Morgan fingerprint density at radius 3 is 2.30 bits per heavy atom. The zero-order chi connectivity index (χ0) is 15.0. The van der Waals surface area contributed by atoms with Crippen LogP contribution in [0.25, 0.3) is 0 Å². The lowest BCUT2D eigenvalue weighted by molar-refractivity contribution is -0.123. The fourth-order valence-corrected chi connectivity index (χ4v) is 3.77. The van der Waals surface area contributed by atoms with Gasteiger partial charge >= 0.3 is 0 Å². The van der Waals surface area contributed by atoms with E-state index in [2.05, 4.69) is 46.0 Å². The summed E-state index contributed by atoms with van der Waals surface area (Å²) < 4.78 is 6.32. The van der Waals surface area contributed by atoms with Gasteiger partial charge in [-0.15, -0.1) is 0 Å². The first-order chi connectivity index (χ1) is 9.21. The van der Waals surface area contributed by atoms with Crippen LogP contribution in [-0.4, -0.2) is 20.2 Å². The van der Waals surface area contributed by atoms with Crippen LogP contribution in [0.3, 0.4) is 0 Å². The van der Waals surface area contributed by atoms with Crippen molar-refractivity contribution in [1.29, 1.82) is 0 Å². The van der Waals surface area contributed by atoms with Gasteiger partial charge in [0.1, 0.15) is 6.10 Å². The van der Waals surface area contributed by atoms with Gasteiger partial charge in [-0.2, -0.15) is 0 Å². The summed E-state index contributed by atoms with van der Waals surface area (Å²) >= 11 is 0. The summed E-state index contributed by atoms with van der Waals surface area (Å²) in [6, 6.07) is 10.3. The molecule has 1 fully saturated rings. The minimum absolute atomic E-state index is 0.151. The highest BCUT2D eigenvalue weighted by molar-refractivity contribution is 6.74. The van der Waals surface area contributed by atoms with Gasteiger partial charge in [-0.1, -0.05) is 51.1 Å². The van der Waals surface area contributed by atoms with E-state index in [1.54, 1.807) is 0 Å². The first-order valence-corrected chi connectivity index (χ1v) is 10.4. The predicted octanol–water partition coefficient (Wildman–Crippen LogP) is 4.52. The van der Waals surface area contributed by atoms with Crippen molar-refractivity contribution < 1.29 is 9.22 Å². The molecule has 1 aliphatic rings. The Balaban J connectivity index is 2.07. The predicted molar refractivity (Wildman–Crippen MR) is 85.5 cm³/mol. The summed E-state index contributed by atoms with van der Waals surface area (Å²) in [5.41, 5.74) is 1.27. The molecule has 1 aliphatic carbocycles. The van der Waals surface area contributed by atoms with Crippen LogP contribution in [0.5, 0.6) is 0 Å². The molecule has 0 N–H and O–H groups in total. The molecule has 0 spiro atoms. The summed E-state index contributed by atoms with van der Waals surface area (Å²) in [5.74, 6) is 0.613. The lowest BCUT2D eigenvalue weighted by Gasteiger charge is -2.38. The maximum Gasteiger partial charge on any atom is 0.193 e. The molecular weight excluding hydrogens is 264 g/mol. The van der Waals surface area contributed by atoms with Gasteiger partial charge in [-0.05, 0) is 36.0 Å². The minimum Gasteiger partial charge on any atom is -0.407 e. The van der Waals surface area contributed by atoms with Crippen LogP contribution in [0.4, 0.5) is 0 Å². The average molecular weight is 290 g/mol. The van der Waals surface area contributed by atoms with E-state index >= 15 is 0 Å². The van der Waals surface area contributed by atoms with Gasteiger partial charge in [0, 0.05) is 6.42 Å². The summed E-state index contributed by atoms with van der Waals surface area (Å²) in [6.45, 7) is 11.1. The molecule has 1 aromatic carbocycles. The van der Waals surface area contributed by atoms with Gasteiger partial charge in [0.15, 0.2) is 14.1 Å². The highest BCUT2D eigenvalue weighted by atomic mass is 28.4. The van der Waals surface area contributed by atoms with Crippen LogP contribution in [0.1, 0.15) is 45.1 Å². The van der Waals surface area contributed by atoms with E-state index in [0.29, 0.717) is 12.3 Å². The highest BCUT2D eigenvalue weighted by Gasteiger charge is 2.43. The Kier molecular flexibility index (Phi) is 4.21. The summed E-state index contributed by atoms with van der Waals surface area (Å²) in [7, 11) is -1.86. The third kappa shape index (κ3) is 3.21. The third-order valence-electron chi connectivity index (χ3n) is 4.82. The number of ketones is 1. The van der Waals surface area contributed by atoms with E-state index in [1.165, 1.54) is 5.56 Å². The second-order valence-corrected chi connectivity index (χ2v) is 12.1. The smallest absolute Gasteiger partial charge is 0.193 e. The van der Waals surface area contributed by atoms with E-state index in [-0.39, 0.29) is 16.9 Å². The van der Waals surface area contributed by atoms with Gasteiger partial charge < -0.3 is 4.43 Å². The highest BCUT2D eigenvalue weighted by Crippen LogP contribution is 2.41. The molecular formula is C17H26O2Si. The molecule has 0 aromatic heterocycles. The van der Waals surface area contributed by atoms with Crippen molar-refractivity contribution in [2.75, 3.05) is 0 Å². The molecule has 1 aromatic rings. The topological polar surface area (TPSA) is 26.3 Å². The van der Waals surface area contributed by atoms with Crippen LogP contribution in [0.15, 0.2) is 30.3 Å². The number of benzene rings is 1. The van der Waals surface area contributed by atoms with Crippen molar-refractivity contribution in [3.8, 4) is 0 Å². The lowest BCUT2D eigenvalue weighted by Crippen LogP contribution is -2.44. The number of hydrogen-bond acceptors (Lipinski definition) is 2. The van der Waals surface area contributed by atoms with E-state index in [0.717, 1.165) is 6.42 Å². The Morgan fingerprint density at radius 2 is 1.75 bits per heavy atom. The zero-order valence-corrected chi connectivity index (χ0v) is 14.3. The molecule has 110 valence electrons. The normalized spacial score (nSPS) is 24.1. The van der Waals surface area contributed by atoms with Crippen LogP contribution in [-0.2, 0) is 9.22 Å². The second-order valence-electron chi connectivity index (χ2n) is 7.38. The Hall–Kier alpha value is -0.933. The van der Waals surface area contributed by atoms with Gasteiger partial charge in [0.2, 0.25) is 0 Å². The Bertz CT molecular complexity index is 474. The minimum atomic E-state index is -1.86. The first-order valence-electron chi connectivity index (χ1n) is 7.46. The van der Waals surface area contributed by atoms with E-state index in [1.807, 2.05) is 18.2 Å². The SMILES string of the molecule is CC(C)(C)[Si](C)(C)O[C@@H]1C[C@@H](c2ccccc2)CC1=O. The second kappa shape index (κ2) is 5.45. The largest absolute Gasteiger partial charge is 0.407 e. The average Bonchev–Trinajstić information content (AvgIpc) is 2.70. The van der Waals surface area contributed by atoms with Crippen molar-refractivity contribution in [1.82, 2.24) is 0 Å². The van der Waals surface area contributed by atoms with Gasteiger partial charge in [-0.3, -0.25) is 4.79 Å². The Labute approximate surface area is 123 Å². The molecule has 0 radical (unpaired) electrons. The fraction of sp³-hybridized carbons (Fsp3) is 0.588. The molecule has 0 bridgehead atoms. The molecule has 20 heavy (non-hydrogen) atoms. The van der Waals surface area contributed by atoms with Gasteiger partial charge in [0.05, 0.1) is 0 Å². The van der Waals surface area contributed by atoms with Crippen LogP contribution in [0.2, 0.25) is 18.1 Å². The lowest BCUT2D eigenvalue weighted by atomic mass is 9.98. The molecule has 0 aliphatic heterocycles. The maximum atomic E-state index is 12.3. The van der Waals surface area contributed by atoms with Crippen molar-refractivity contribution in [2.24, 2.45) is 0 Å². The van der Waals surface area contributed by atoms with Crippen LogP contribution < -0.4 is 0 Å². The molecule has 1 saturated carbocycles. The summed E-state index contributed by atoms with van der Waals surface area (Å²) in [6.07, 6.45) is 1.28.